The van der Waals surface area contributed by atoms with Crippen molar-refractivity contribution in [3.05, 3.63) is 0 Å². The van der Waals surface area contributed by atoms with E-state index in [1.807, 2.05) is 0 Å². The SMILES string of the molecule is COC(=O)[C@H]1[C@@H]2CC[C@@]1(C)C2(C)C. The molecular formula is C11H18O2. The van der Waals surface area contributed by atoms with Crippen LogP contribution in [0.15, 0.2) is 0 Å². The number of esters is 1. The van der Waals surface area contributed by atoms with Gasteiger partial charge in [-0.1, -0.05) is 20.8 Å². The van der Waals surface area contributed by atoms with E-state index in [2.05, 4.69) is 20.8 Å². The zero-order valence-electron chi connectivity index (χ0n) is 8.89. The zero-order valence-corrected chi connectivity index (χ0v) is 8.89. The minimum atomic E-state index is 0.00400. The van der Waals surface area contributed by atoms with Crippen molar-refractivity contribution in [2.24, 2.45) is 22.7 Å². The quantitative estimate of drug-likeness (QED) is 0.581. The van der Waals surface area contributed by atoms with Crippen molar-refractivity contribution in [1.29, 1.82) is 0 Å². The lowest BCUT2D eigenvalue weighted by Crippen LogP contribution is -2.58. The second-order valence-corrected chi connectivity index (χ2v) is 5.29. The van der Waals surface area contributed by atoms with E-state index in [9.17, 15) is 4.79 Å². The lowest BCUT2D eigenvalue weighted by atomic mass is 9.45. The first-order chi connectivity index (χ1) is 5.95. The molecule has 3 saturated carbocycles. The van der Waals surface area contributed by atoms with Gasteiger partial charge < -0.3 is 4.74 Å². The first kappa shape index (κ1) is 9.04. The van der Waals surface area contributed by atoms with Crippen molar-refractivity contribution in [1.82, 2.24) is 0 Å². The van der Waals surface area contributed by atoms with Gasteiger partial charge in [-0.15, -0.1) is 0 Å². The predicted molar refractivity (Wildman–Crippen MR) is 50.1 cm³/mol. The van der Waals surface area contributed by atoms with Gasteiger partial charge in [0, 0.05) is 0 Å². The first-order valence-corrected chi connectivity index (χ1v) is 5.03. The maximum atomic E-state index is 11.5. The highest BCUT2D eigenvalue weighted by molar-refractivity contribution is 5.76. The monoisotopic (exact) mass is 182 g/mol. The molecule has 3 fully saturated rings. The van der Waals surface area contributed by atoms with Gasteiger partial charge in [0.25, 0.3) is 0 Å². The fourth-order valence-corrected chi connectivity index (χ4v) is 3.60. The lowest BCUT2D eigenvalue weighted by molar-refractivity contribution is -0.180. The third-order valence-corrected chi connectivity index (χ3v) is 4.92. The Kier molecular flexibility index (Phi) is 1.59. The number of ether oxygens (including phenoxy) is 1. The van der Waals surface area contributed by atoms with Crippen LogP contribution >= 0.6 is 0 Å². The van der Waals surface area contributed by atoms with E-state index in [0.717, 1.165) is 0 Å². The van der Waals surface area contributed by atoms with Crippen LogP contribution in [-0.2, 0) is 9.53 Å². The van der Waals surface area contributed by atoms with Gasteiger partial charge >= 0.3 is 5.97 Å². The van der Waals surface area contributed by atoms with Gasteiger partial charge in [0.15, 0.2) is 0 Å². The van der Waals surface area contributed by atoms with Gasteiger partial charge in [-0.25, -0.2) is 0 Å². The molecule has 74 valence electrons. The van der Waals surface area contributed by atoms with Crippen molar-refractivity contribution in [3.63, 3.8) is 0 Å². The minimum absolute atomic E-state index is 0.00400. The molecular weight excluding hydrogens is 164 g/mol. The van der Waals surface area contributed by atoms with Crippen molar-refractivity contribution < 1.29 is 9.53 Å². The smallest absolute Gasteiger partial charge is 0.309 e. The van der Waals surface area contributed by atoms with Crippen LogP contribution in [0.1, 0.15) is 33.6 Å². The Morgan fingerprint density at radius 1 is 1.38 bits per heavy atom. The largest absolute Gasteiger partial charge is 0.469 e. The fourth-order valence-electron chi connectivity index (χ4n) is 3.60. The summed E-state index contributed by atoms with van der Waals surface area (Å²) in [4.78, 5) is 11.5. The summed E-state index contributed by atoms with van der Waals surface area (Å²) in [6, 6.07) is 0. The fraction of sp³-hybridized carbons (Fsp3) is 0.909. The van der Waals surface area contributed by atoms with E-state index in [4.69, 9.17) is 4.74 Å². The summed E-state index contributed by atoms with van der Waals surface area (Å²) in [6.07, 6.45) is 2.38. The molecule has 0 radical (unpaired) electrons. The standard InChI is InChI=1S/C11H18O2/c1-10(2)7-5-6-11(10,3)8(7)9(12)13-4/h7-8H,5-6H2,1-4H3/t7-,8+,11+/m0/s1. The van der Waals surface area contributed by atoms with E-state index in [1.54, 1.807) is 0 Å². The maximum absolute atomic E-state index is 11.5. The van der Waals surface area contributed by atoms with Crippen LogP contribution in [0, 0.1) is 22.7 Å². The third-order valence-electron chi connectivity index (χ3n) is 4.92. The van der Waals surface area contributed by atoms with Crippen LogP contribution in [0.3, 0.4) is 0 Å². The van der Waals surface area contributed by atoms with E-state index in [0.29, 0.717) is 11.3 Å². The van der Waals surface area contributed by atoms with Crippen molar-refractivity contribution in [2.75, 3.05) is 7.11 Å². The summed E-state index contributed by atoms with van der Waals surface area (Å²) in [6.45, 7) is 6.80. The average Bonchev–Trinajstić information content (AvgIpc) is 2.54. The molecule has 3 aliphatic carbocycles. The molecule has 2 heteroatoms. The summed E-state index contributed by atoms with van der Waals surface area (Å²) < 4.78 is 4.85. The van der Waals surface area contributed by atoms with Crippen LogP contribution < -0.4 is 0 Å². The Morgan fingerprint density at radius 3 is 2.31 bits per heavy atom. The topological polar surface area (TPSA) is 26.3 Å². The second-order valence-electron chi connectivity index (χ2n) is 5.29. The Hall–Kier alpha value is -0.530. The molecule has 0 spiro atoms. The number of methoxy groups -OCH3 is 1. The molecule has 2 nitrogen and oxygen atoms in total. The molecule has 0 amide bonds. The Balaban J connectivity index is 2.26. The molecule has 0 unspecified atom stereocenters. The van der Waals surface area contributed by atoms with Gasteiger partial charge in [0.05, 0.1) is 13.0 Å². The number of hydrogen-bond donors (Lipinski definition) is 0. The number of fused-ring (bicyclic) bond motifs is 1. The Bertz CT molecular complexity index is 257. The van der Waals surface area contributed by atoms with Gasteiger partial charge in [-0.3, -0.25) is 4.79 Å². The molecule has 0 aromatic rings. The van der Waals surface area contributed by atoms with Crippen molar-refractivity contribution in [2.45, 2.75) is 33.6 Å². The van der Waals surface area contributed by atoms with Crippen molar-refractivity contribution >= 4 is 5.97 Å². The third kappa shape index (κ3) is 0.773. The van der Waals surface area contributed by atoms with E-state index < -0.39 is 0 Å². The van der Waals surface area contributed by atoms with Crippen LogP contribution in [0.5, 0.6) is 0 Å². The summed E-state index contributed by atoms with van der Waals surface area (Å²) in [7, 11) is 1.50. The van der Waals surface area contributed by atoms with Crippen molar-refractivity contribution in [3.8, 4) is 0 Å². The molecule has 13 heavy (non-hydrogen) atoms. The lowest BCUT2D eigenvalue weighted by Gasteiger charge is -2.58. The number of carbonyl (C=O) groups is 1. The number of hydrogen-bond acceptors (Lipinski definition) is 2. The molecule has 0 saturated heterocycles. The van der Waals surface area contributed by atoms with Gasteiger partial charge in [0.2, 0.25) is 0 Å². The van der Waals surface area contributed by atoms with E-state index in [-0.39, 0.29) is 17.3 Å². The molecule has 3 aliphatic rings. The first-order valence-electron chi connectivity index (χ1n) is 5.03. The van der Waals surface area contributed by atoms with E-state index in [1.165, 1.54) is 20.0 Å². The highest BCUT2D eigenvalue weighted by atomic mass is 16.5. The number of carbonyl (C=O) groups excluding carboxylic acids is 1. The molecule has 0 N–H and O–H groups in total. The maximum Gasteiger partial charge on any atom is 0.309 e. The molecule has 0 heterocycles. The van der Waals surface area contributed by atoms with Crippen LogP contribution in [0.2, 0.25) is 0 Å². The highest BCUT2D eigenvalue weighted by Crippen LogP contribution is 2.73. The molecule has 0 aromatic heterocycles. The molecule has 3 rings (SSSR count). The van der Waals surface area contributed by atoms with Crippen LogP contribution in [0.4, 0.5) is 0 Å². The predicted octanol–water partition coefficient (Wildman–Crippen LogP) is 2.23. The highest BCUT2D eigenvalue weighted by Gasteiger charge is 2.71. The molecule has 0 aromatic carbocycles. The van der Waals surface area contributed by atoms with Gasteiger partial charge in [-0.2, -0.15) is 0 Å². The number of rotatable bonds is 1. The van der Waals surface area contributed by atoms with Gasteiger partial charge in [0.1, 0.15) is 0 Å². The van der Waals surface area contributed by atoms with E-state index >= 15 is 0 Å². The Labute approximate surface area is 79.7 Å². The summed E-state index contributed by atoms with van der Waals surface area (Å²) in [5.41, 5.74) is 0.538. The minimum Gasteiger partial charge on any atom is -0.469 e. The molecule has 3 atom stereocenters. The summed E-state index contributed by atoms with van der Waals surface area (Å²) in [5.74, 6) is 0.738. The van der Waals surface area contributed by atoms with Crippen LogP contribution in [-0.4, -0.2) is 13.1 Å². The molecule has 2 bridgehead atoms. The average molecular weight is 182 g/mol. The zero-order chi connectivity index (χ0) is 9.85. The van der Waals surface area contributed by atoms with Crippen LogP contribution in [0.25, 0.3) is 0 Å². The summed E-state index contributed by atoms with van der Waals surface area (Å²) in [5, 5.41) is 0. The Morgan fingerprint density at radius 2 is 2.00 bits per heavy atom. The molecule has 0 aliphatic heterocycles. The van der Waals surface area contributed by atoms with Gasteiger partial charge in [-0.05, 0) is 29.6 Å². The second kappa shape index (κ2) is 2.28. The summed E-state index contributed by atoms with van der Waals surface area (Å²) >= 11 is 0. The normalized spacial score (nSPS) is 45.5.